The van der Waals surface area contributed by atoms with Gasteiger partial charge < -0.3 is 14.9 Å². The van der Waals surface area contributed by atoms with Gasteiger partial charge in [0.2, 0.25) is 0 Å². The van der Waals surface area contributed by atoms with Gasteiger partial charge in [0, 0.05) is 12.3 Å². The van der Waals surface area contributed by atoms with Gasteiger partial charge in [-0.15, -0.1) is 5.06 Å². The monoisotopic (exact) mass is 394 g/mol. The van der Waals surface area contributed by atoms with Gasteiger partial charge in [-0.3, -0.25) is 4.79 Å². The summed E-state index contributed by atoms with van der Waals surface area (Å²) in [6.07, 6.45) is -0.139. The largest absolute Gasteiger partial charge is 0.453 e. The van der Waals surface area contributed by atoms with Crippen molar-refractivity contribution in [2.45, 2.75) is 24.8 Å². The van der Waals surface area contributed by atoms with Gasteiger partial charge in [0.1, 0.15) is 6.04 Å². The summed E-state index contributed by atoms with van der Waals surface area (Å²) in [5.41, 5.74) is 1.99. The Morgan fingerprint density at radius 2 is 1.55 bits per heavy atom. The summed E-state index contributed by atoms with van der Waals surface area (Å²) in [5, 5.41) is 3.47. The van der Waals surface area contributed by atoms with Gasteiger partial charge >= 0.3 is 12.1 Å². The Balaban J connectivity index is 1.99. The Morgan fingerprint density at radius 3 is 2.00 bits per heavy atom. The number of allylic oxidation sites excluding steroid dienone is 1. The van der Waals surface area contributed by atoms with Crippen LogP contribution in [0.5, 0.6) is 0 Å². The van der Waals surface area contributed by atoms with Crippen LogP contribution >= 0.6 is 0 Å². The Morgan fingerprint density at radius 1 is 1.00 bits per heavy atom. The van der Waals surface area contributed by atoms with Gasteiger partial charge in [0.15, 0.2) is 0 Å². The van der Waals surface area contributed by atoms with E-state index in [9.17, 15) is 14.4 Å². The average Bonchev–Trinajstić information content (AvgIpc) is 3.06. The van der Waals surface area contributed by atoms with E-state index in [2.05, 4.69) is 11.9 Å². The number of carbonyl (C=O) groups excluding carboxylic acids is 3. The number of hydrogen-bond donors (Lipinski definition) is 1. The van der Waals surface area contributed by atoms with Crippen LogP contribution in [0.1, 0.15) is 29.9 Å². The lowest BCUT2D eigenvalue weighted by molar-refractivity contribution is -0.188. The van der Waals surface area contributed by atoms with Crippen LogP contribution in [-0.2, 0) is 19.2 Å². The van der Waals surface area contributed by atoms with Gasteiger partial charge in [-0.1, -0.05) is 67.2 Å². The third kappa shape index (κ3) is 4.63. The average molecular weight is 394 g/mol. The summed E-state index contributed by atoms with van der Waals surface area (Å²) in [6.45, 7) is 3.75. The van der Waals surface area contributed by atoms with Gasteiger partial charge in [-0.05, 0) is 17.5 Å². The number of nitrogens with zero attached hydrogens (tertiary/aromatic N) is 1. The van der Waals surface area contributed by atoms with E-state index in [0.29, 0.717) is 12.1 Å². The van der Waals surface area contributed by atoms with Crippen LogP contribution in [0.2, 0.25) is 0 Å². The molecule has 2 amide bonds. The first-order valence-electron chi connectivity index (χ1n) is 9.18. The molecule has 0 radical (unpaired) electrons. The number of benzene rings is 2. The molecule has 2 aromatic rings. The van der Waals surface area contributed by atoms with E-state index in [4.69, 9.17) is 9.57 Å². The maximum atomic E-state index is 13.1. The standard InChI is InChI=1S/C22H22N2O5/c1-15-13-14-18(25)24(15)29-21(26)20(23-22(27)28-2)19(16-9-5-3-6-10-16)17-11-7-4-8-12-17/h3-12,19-20H,1,13-14H2,2H3,(H,23,27)/t20-/m0/s1. The summed E-state index contributed by atoms with van der Waals surface area (Å²) in [6, 6.07) is 17.4. The Kier molecular flexibility index (Phi) is 6.29. The number of nitrogens with one attached hydrogen (secondary N) is 1. The molecule has 0 saturated carbocycles. The molecule has 7 nitrogen and oxygen atoms in total. The minimum atomic E-state index is -1.13. The second-order valence-corrected chi connectivity index (χ2v) is 6.58. The second-order valence-electron chi connectivity index (χ2n) is 6.58. The Hall–Kier alpha value is -3.61. The summed E-state index contributed by atoms with van der Waals surface area (Å²) < 4.78 is 4.71. The minimum absolute atomic E-state index is 0.224. The fraction of sp³-hybridized carbons (Fsp3) is 0.227. The van der Waals surface area contributed by atoms with Gasteiger partial charge in [0.25, 0.3) is 5.91 Å². The van der Waals surface area contributed by atoms with Crippen LogP contribution in [-0.4, -0.2) is 36.2 Å². The molecule has 3 rings (SSSR count). The predicted octanol–water partition coefficient (Wildman–Crippen LogP) is 3.14. The molecule has 1 heterocycles. The second kappa shape index (κ2) is 9.05. The fourth-order valence-electron chi connectivity index (χ4n) is 3.26. The molecule has 1 aliphatic heterocycles. The topological polar surface area (TPSA) is 84.9 Å². The van der Waals surface area contributed by atoms with E-state index in [1.54, 1.807) is 0 Å². The molecule has 7 heteroatoms. The molecule has 1 atom stereocenters. The number of hydroxylamine groups is 2. The zero-order chi connectivity index (χ0) is 20.8. The van der Waals surface area contributed by atoms with Gasteiger partial charge in [0.05, 0.1) is 12.8 Å². The third-order valence-electron chi connectivity index (χ3n) is 4.69. The summed E-state index contributed by atoms with van der Waals surface area (Å²) in [7, 11) is 1.21. The molecule has 0 aromatic heterocycles. The molecular weight excluding hydrogens is 372 g/mol. The molecule has 0 unspecified atom stereocenters. The molecular formula is C22H22N2O5. The lowest BCUT2D eigenvalue weighted by atomic mass is 9.85. The molecule has 150 valence electrons. The van der Waals surface area contributed by atoms with Crippen molar-refractivity contribution in [1.82, 2.24) is 10.4 Å². The van der Waals surface area contributed by atoms with Crippen molar-refractivity contribution < 1.29 is 24.0 Å². The summed E-state index contributed by atoms with van der Waals surface area (Å²) >= 11 is 0. The highest BCUT2D eigenvalue weighted by atomic mass is 16.7. The number of hydrogen-bond acceptors (Lipinski definition) is 5. The van der Waals surface area contributed by atoms with E-state index >= 15 is 0 Å². The lowest BCUT2D eigenvalue weighted by Crippen LogP contribution is -2.48. The molecule has 0 bridgehead atoms. The Labute approximate surface area is 168 Å². The van der Waals surface area contributed by atoms with E-state index in [-0.39, 0.29) is 12.3 Å². The van der Waals surface area contributed by atoms with Crippen molar-refractivity contribution in [3.8, 4) is 0 Å². The molecule has 1 saturated heterocycles. The van der Waals surface area contributed by atoms with Crippen molar-refractivity contribution in [3.05, 3.63) is 84.1 Å². The first-order chi connectivity index (χ1) is 14.0. The van der Waals surface area contributed by atoms with Crippen LogP contribution in [0.4, 0.5) is 4.79 Å². The number of amides is 2. The van der Waals surface area contributed by atoms with Crippen LogP contribution in [0, 0.1) is 0 Å². The first kappa shape index (κ1) is 20.1. The SMILES string of the molecule is C=C1CCC(=O)N1OC(=O)[C@@H](NC(=O)OC)C(c1ccccc1)c1ccccc1. The maximum Gasteiger partial charge on any atom is 0.407 e. The predicted molar refractivity (Wildman–Crippen MR) is 105 cm³/mol. The molecule has 29 heavy (non-hydrogen) atoms. The molecule has 0 aliphatic carbocycles. The third-order valence-corrected chi connectivity index (χ3v) is 4.69. The van der Waals surface area contributed by atoms with E-state index in [0.717, 1.165) is 16.2 Å². The van der Waals surface area contributed by atoms with Crippen LogP contribution in [0.15, 0.2) is 72.9 Å². The van der Waals surface area contributed by atoms with E-state index in [1.165, 1.54) is 7.11 Å². The molecule has 1 fully saturated rings. The highest BCUT2D eigenvalue weighted by Gasteiger charge is 2.37. The first-order valence-corrected chi connectivity index (χ1v) is 9.18. The van der Waals surface area contributed by atoms with Crippen LogP contribution in [0.25, 0.3) is 0 Å². The number of methoxy groups -OCH3 is 1. The van der Waals surface area contributed by atoms with Crippen molar-refractivity contribution >= 4 is 18.0 Å². The minimum Gasteiger partial charge on any atom is -0.453 e. The zero-order valence-electron chi connectivity index (χ0n) is 16.0. The molecule has 0 spiro atoms. The quantitative estimate of drug-likeness (QED) is 0.814. The van der Waals surface area contributed by atoms with E-state index < -0.39 is 24.0 Å². The number of ether oxygens (including phenoxy) is 1. The molecule has 2 aromatic carbocycles. The summed E-state index contributed by atoms with van der Waals surface area (Å²) in [4.78, 5) is 42.5. The lowest BCUT2D eigenvalue weighted by Gasteiger charge is -2.28. The fourth-order valence-corrected chi connectivity index (χ4v) is 3.26. The van der Waals surface area contributed by atoms with Gasteiger partial charge in [-0.25, -0.2) is 9.59 Å². The van der Waals surface area contributed by atoms with E-state index in [1.807, 2.05) is 60.7 Å². The van der Waals surface area contributed by atoms with Gasteiger partial charge in [-0.2, -0.15) is 0 Å². The number of carbonyl (C=O) groups is 3. The molecule has 1 aliphatic rings. The zero-order valence-corrected chi connectivity index (χ0v) is 16.0. The van der Waals surface area contributed by atoms with Crippen molar-refractivity contribution in [3.63, 3.8) is 0 Å². The van der Waals surface area contributed by atoms with Crippen molar-refractivity contribution in [2.24, 2.45) is 0 Å². The van der Waals surface area contributed by atoms with Crippen molar-refractivity contribution in [2.75, 3.05) is 7.11 Å². The smallest absolute Gasteiger partial charge is 0.407 e. The van der Waals surface area contributed by atoms with Crippen LogP contribution < -0.4 is 5.32 Å². The van der Waals surface area contributed by atoms with Crippen LogP contribution in [0.3, 0.4) is 0 Å². The maximum absolute atomic E-state index is 13.1. The molecule has 1 N–H and O–H groups in total. The number of alkyl carbamates (subject to hydrolysis) is 1. The summed E-state index contributed by atoms with van der Waals surface area (Å²) in [5.74, 6) is -1.70. The Bertz CT molecular complexity index is 842. The highest BCUT2D eigenvalue weighted by molar-refractivity contribution is 5.86. The normalized spacial score (nSPS) is 14.6. The highest BCUT2D eigenvalue weighted by Crippen LogP contribution is 2.30. The van der Waals surface area contributed by atoms with Crippen molar-refractivity contribution in [1.29, 1.82) is 0 Å². The number of rotatable bonds is 6.